The highest BCUT2D eigenvalue weighted by Gasteiger charge is 2.20. The number of hydrogen-bond acceptors (Lipinski definition) is 2. The van der Waals surface area contributed by atoms with Crippen molar-refractivity contribution in [1.82, 2.24) is 10.2 Å². The van der Waals surface area contributed by atoms with E-state index < -0.39 is 0 Å². The van der Waals surface area contributed by atoms with Crippen LogP contribution in [0.15, 0.2) is 30.3 Å². The standard InChI is InChI=1S/C18H30N2/c1-3-13-20(15-18-9-11-19-12-10-18)16(2)14-17-7-5-4-6-8-17/h4-8,16,18-19H,3,9-15H2,1-2H3. The van der Waals surface area contributed by atoms with Gasteiger partial charge in [-0.15, -0.1) is 0 Å². The normalized spacial score (nSPS) is 18.4. The molecule has 1 heterocycles. The van der Waals surface area contributed by atoms with Crippen LogP contribution in [-0.2, 0) is 6.42 Å². The summed E-state index contributed by atoms with van der Waals surface area (Å²) in [6.07, 6.45) is 5.12. The summed E-state index contributed by atoms with van der Waals surface area (Å²) in [7, 11) is 0. The summed E-state index contributed by atoms with van der Waals surface area (Å²) in [6.45, 7) is 9.62. The van der Waals surface area contributed by atoms with Gasteiger partial charge in [0.2, 0.25) is 0 Å². The maximum absolute atomic E-state index is 3.47. The van der Waals surface area contributed by atoms with Gasteiger partial charge in [-0.05, 0) is 63.7 Å². The van der Waals surface area contributed by atoms with E-state index in [4.69, 9.17) is 0 Å². The summed E-state index contributed by atoms with van der Waals surface area (Å²) in [6, 6.07) is 11.6. The van der Waals surface area contributed by atoms with Gasteiger partial charge < -0.3 is 10.2 Å². The molecule has 0 aliphatic carbocycles. The minimum atomic E-state index is 0.646. The molecule has 1 aromatic carbocycles. The van der Waals surface area contributed by atoms with E-state index in [0.29, 0.717) is 6.04 Å². The van der Waals surface area contributed by atoms with Gasteiger partial charge in [0.25, 0.3) is 0 Å². The van der Waals surface area contributed by atoms with E-state index in [-0.39, 0.29) is 0 Å². The Balaban J connectivity index is 1.89. The van der Waals surface area contributed by atoms with Crippen molar-refractivity contribution in [1.29, 1.82) is 0 Å². The lowest BCUT2D eigenvalue weighted by Gasteiger charge is -2.34. The van der Waals surface area contributed by atoms with Crippen LogP contribution in [0.3, 0.4) is 0 Å². The highest BCUT2D eigenvalue weighted by molar-refractivity contribution is 5.15. The molecule has 1 fully saturated rings. The summed E-state index contributed by atoms with van der Waals surface area (Å²) < 4.78 is 0. The first-order valence-corrected chi connectivity index (χ1v) is 8.28. The van der Waals surface area contributed by atoms with Crippen LogP contribution in [0.25, 0.3) is 0 Å². The van der Waals surface area contributed by atoms with Gasteiger partial charge in [0.05, 0.1) is 0 Å². The second-order valence-electron chi connectivity index (χ2n) is 6.23. The molecule has 0 spiro atoms. The van der Waals surface area contributed by atoms with Crippen molar-refractivity contribution >= 4 is 0 Å². The van der Waals surface area contributed by atoms with Crippen molar-refractivity contribution in [3.05, 3.63) is 35.9 Å². The minimum absolute atomic E-state index is 0.646. The highest BCUT2D eigenvalue weighted by Crippen LogP contribution is 2.17. The van der Waals surface area contributed by atoms with E-state index in [1.807, 2.05) is 0 Å². The largest absolute Gasteiger partial charge is 0.317 e. The molecule has 1 aliphatic rings. The molecule has 20 heavy (non-hydrogen) atoms. The molecule has 2 heteroatoms. The molecule has 1 atom stereocenters. The quantitative estimate of drug-likeness (QED) is 0.820. The molecule has 1 N–H and O–H groups in total. The lowest BCUT2D eigenvalue weighted by Crippen LogP contribution is -2.41. The van der Waals surface area contributed by atoms with Crippen molar-refractivity contribution in [2.24, 2.45) is 5.92 Å². The summed E-state index contributed by atoms with van der Waals surface area (Å²) in [4.78, 5) is 2.71. The molecule has 2 nitrogen and oxygen atoms in total. The molecule has 1 unspecified atom stereocenters. The Morgan fingerprint density at radius 1 is 1.20 bits per heavy atom. The Kier molecular flexibility index (Phi) is 6.55. The summed E-state index contributed by atoms with van der Waals surface area (Å²) >= 11 is 0. The Morgan fingerprint density at radius 3 is 2.55 bits per heavy atom. The summed E-state index contributed by atoms with van der Waals surface area (Å²) in [5.74, 6) is 0.890. The Labute approximate surface area is 124 Å². The van der Waals surface area contributed by atoms with E-state index in [9.17, 15) is 0 Å². The fraction of sp³-hybridized carbons (Fsp3) is 0.667. The predicted molar refractivity (Wildman–Crippen MR) is 87.1 cm³/mol. The van der Waals surface area contributed by atoms with Crippen LogP contribution in [0, 0.1) is 5.92 Å². The number of piperidine rings is 1. The Hall–Kier alpha value is -0.860. The Bertz CT molecular complexity index is 357. The third kappa shape index (κ3) is 4.92. The minimum Gasteiger partial charge on any atom is -0.317 e. The third-order valence-electron chi connectivity index (χ3n) is 4.46. The van der Waals surface area contributed by atoms with Gasteiger partial charge in [0, 0.05) is 12.6 Å². The molecule has 1 saturated heterocycles. The Morgan fingerprint density at radius 2 is 1.90 bits per heavy atom. The average Bonchev–Trinajstić information content (AvgIpc) is 2.49. The molecule has 0 bridgehead atoms. The van der Waals surface area contributed by atoms with Gasteiger partial charge in [-0.2, -0.15) is 0 Å². The zero-order valence-electron chi connectivity index (χ0n) is 13.1. The molecule has 2 rings (SSSR count). The molecule has 0 saturated carbocycles. The van der Waals surface area contributed by atoms with Gasteiger partial charge in [-0.25, -0.2) is 0 Å². The van der Waals surface area contributed by atoms with Crippen molar-refractivity contribution in [3.8, 4) is 0 Å². The molecule has 1 aromatic rings. The molecule has 0 amide bonds. The van der Waals surface area contributed by atoms with E-state index in [2.05, 4.69) is 54.4 Å². The van der Waals surface area contributed by atoms with Crippen molar-refractivity contribution in [3.63, 3.8) is 0 Å². The second kappa shape index (κ2) is 8.43. The number of benzene rings is 1. The average molecular weight is 274 g/mol. The van der Waals surface area contributed by atoms with Crippen LogP contribution in [0.4, 0.5) is 0 Å². The van der Waals surface area contributed by atoms with Crippen LogP contribution in [0.5, 0.6) is 0 Å². The summed E-state index contributed by atoms with van der Waals surface area (Å²) in [5, 5.41) is 3.47. The van der Waals surface area contributed by atoms with Gasteiger partial charge >= 0.3 is 0 Å². The van der Waals surface area contributed by atoms with E-state index in [1.165, 1.54) is 57.4 Å². The fourth-order valence-corrected chi connectivity index (χ4v) is 3.26. The van der Waals surface area contributed by atoms with Gasteiger partial charge in [-0.1, -0.05) is 37.3 Å². The van der Waals surface area contributed by atoms with Crippen LogP contribution >= 0.6 is 0 Å². The first-order valence-electron chi connectivity index (χ1n) is 8.28. The highest BCUT2D eigenvalue weighted by atomic mass is 15.1. The van der Waals surface area contributed by atoms with Crippen molar-refractivity contribution in [2.45, 2.75) is 45.6 Å². The zero-order valence-corrected chi connectivity index (χ0v) is 13.1. The first-order chi connectivity index (χ1) is 9.79. The van der Waals surface area contributed by atoms with Crippen molar-refractivity contribution < 1.29 is 0 Å². The smallest absolute Gasteiger partial charge is 0.0107 e. The zero-order chi connectivity index (χ0) is 14.2. The second-order valence-corrected chi connectivity index (χ2v) is 6.23. The van der Waals surface area contributed by atoms with Crippen molar-refractivity contribution in [2.75, 3.05) is 26.2 Å². The van der Waals surface area contributed by atoms with Gasteiger partial charge in [0.1, 0.15) is 0 Å². The predicted octanol–water partition coefficient (Wildman–Crippen LogP) is 3.33. The van der Waals surface area contributed by atoms with E-state index in [0.717, 1.165) is 5.92 Å². The summed E-state index contributed by atoms with van der Waals surface area (Å²) in [5.41, 5.74) is 1.46. The van der Waals surface area contributed by atoms with Crippen LogP contribution in [0.1, 0.15) is 38.7 Å². The number of rotatable bonds is 7. The maximum atomic E-state index is 3.47. The molecule has 1 aliphatic heterocycles. The molecular formula is C18H30N2. The molecule has 0 radical (unpaired) electrons. The van der Waals surface area contributed by atoms with Gasteiger partial charge in [0.15, 0.2) is 0 Å². The molecule has 112 valence electrons. The fourth-order valence-electron chi connectivity index (χ4n) is 3.26. The van der Waals surface area contributed by atoms with Crippen LogP contribution in [0.2, 0.25) is 0 Å². The number of nitrogens with one attached hydrogen (secondary N) is 1. The number of nitrogens with zero attached hydrogens (tertiary/aromatic N) is 1. The third-order valence-corrected chi connectivity index (χ3v) is 4.46. The van der Waals surface area contributed by atoms with E-state index in [1.54, 1.807) is 0 Å². The van der Waals surface area contributed by atoms with Crippen LogP contribution in [-0.4, -0.2) is 37.1 Å². The maximum Gasteiger partial charge on any atom is 0.0107 e. The SMILES string of the molecule is CCCN(CC1CCNCC1)C(C)Cc1ccccc1. The topological polar surface area (TPSA) is 15.3 Å². The van der Waals surface area contributed by atoms with Gasteiger partial charge in [-0.3, -0.25) is 0 Å². The van der Waals surface area contributed by atoms with E-state index >= 15 is 0 Å². The lowest BCUT2D eigenvalue weighted by molar-refractivity contribution is 0.159. The first kappa shape index (κ1) is 15.5. The monoisotopic (exact) mass is 274 g/mol. The van der Waals surface area contributed by atoms with Crippen LogP contribution < -0.4 is 5.32 Å². The molecular weight excluding hydrogens is 244 g/mol. The lowest BCUT2D eigenvalue weighted by atomic mass is 9.96. The number of hydrogen-bond donors (Lipinski definition) is 1. The molecule has 0 aromatic heterocycles.